The Labute approximate surface area is 128 Å². The molecule has 0 saturated heterocycles. The maximum Gasteiger partial charge on any atom is 0.0702 e. The van der Waals surface area contributed by atoms with Gasteiger partial charge in [0.2, 0.25) is 0 Å². The summed E-state index contributed by atoms with van der Waals surface area (Å²) in [7, 11) is 2.17. The van der Waals surface area contributed by atoms with E-state index in [1.807, 2.05) is 12.3 Å². The molecule has 2 aromatic rings. The van der Waals surface area contributed by atoms with Crippen LogP contribution in [-0.4, -0.2) is 29.5 Å². The molecule has 0 aliphatic carbocycles. The average Bonchev–Trinajstić information content (AvgIpc) is 2.46. The molecule has 1 aromatic heterocycles. The predicted octanol–water partition coefficient (Wildman–Crippen LogP) is 3.60. The molecule has 0 aliphatic heterocycles. The highest BCUT2D eigenvalue weighted by Crippen LogP contribution is 2.30. The van der Waals surface area contributed by atoms with Gasteiger partial charge in [0.1, 0.15) is 0 Å². The first-order valence-corrected chi connectivity index (χ1v) is 7.61. The van der Waals surface area contributed by atoms with Gasteiger partial charge in [-0.05, 0) is 43.1 Å². The Bertz CT molecular complexity index is 601. The van der Waals surface area contributed by atoms with Gasteiger partial charge < -0.3 is 5.73 Å². The van der Waals surface area contributed by atoms with Crippen molar-refractivity contribution in [1.29, 1.82) is 0 Å². The minimum atomic E-state index is 0.223. The molecule has 2 N–H and O–H groups in total. The maximum absolute atomic E-state index is 6.07. The van der Waals surface area contributed by atoms with Crippen LogP contribution in [0.1, 0.15) is 39.3 Å². The monoisotopic (exact) mass is 285 g/mol. The molecule has 0 saturated carbocycles. The molecule has 0 amide bonds. The number of benzene rings is 1. The number of nitrogens with zero attached hydrogens (tertiary/aromatic N) is 2. The summed E-state index contributed by atoms with van der Waals surface area (Å²) in [6, 6.07) is 11.2. The first kappa shape index (κ1) is 15.9. The Morgan fingerprint density at radius 2 is 1.95 bits per heavy atom. The second kappa shape index (κ2) is 6.12. The van der Waals surface area contributed by atoms with Gasteiger partial charge in [-0.1, -0.05) is 32.9 Å². The van der Waals surface area contributed by atoms with Crippen LogP contribution in [0.15, 0.2) is 36.5 Å². The normalized spacial score (nSPS) is 15.4. The Kier molecular flexibility index (Phi) is 4.64. The van der Waals surface area contributed by atoms with Gasteiger partial charge in [-0.3, -0.25) is 9.88 Å². The smallest absolute Gasteiger partial charge is 0.0702 e. The van der Waals surface area contributed by atoms with Gasteiger partial charge in [-0.15, -0.1) is 0 Å². The molecule has 1 aromatic carbocycles. The van der Waals surface area contributed by atoms with Crippen LogP contribution in [-0.2, 0) is 0 Å². The lowest BCUT2D eigenvalue weighted by atomic mass is 9.86. The standard InChI is InChI=1S/C18H27N3/c1-13(18(2,3)4)21(5)17(12-19)15-8-9-16-14(11-15)7-6-10-20-16/h6-11,13,17H,12,19H2,1-5H3. The zero-order valence-electron chi connectivity index (χ0n) is 13.8. The first-order valence-electron chi connectivity index (χ1n) is 7.61. The molecule has 2 atom stereocenters. The van der Waals surface area contributed by atoms with E-state index in [0.29, 0.717) is 12.6 Å². The van der Waals surface area contributed by atoms with Gasteiger partial charge in [-0.25, -0.2) is 0 Å². The van der Waals surface area contributed by atoms with Crippen LogP contribution in [0.2, 0.25) is 0 Å². The van der Waals surface area contributed by atoms with Crippen LogP contribution >= 0.6 is 0 Å². The van der Waals surface area contributed by atoms with Crippen LogP contribution in [0.3, 0.4) is 0 Å². The Balaban J connectivity index is 2.34. The highest BCUT2D eigenvalue weighted by molar-refractivity contribution is 5.79. The Morgan fingerprint density at radius 1 is 1.24 bits per heavy atom. The molecule has 21 heavy (non-hydrogen) atoms. The lowest BCUT2D eigenvalue weighted by Crippen LogP contribution is -2.43. The highest BCUT2D eigenvalue weighted by Gasteiger charge is 2.28. The van der Waals surface area contributed by atoms with Crippen molar-refractivity contribution in [3.63, 3.8) is 0 Å². The zero-order valence-corrected chi connectivity index (χ0v) is 13.8. The molecule has 0 fully saturated rings. The van der Waals surface area contributed by atoms with Crippen molar-refractivity contribution in [2.45, 2.75) is 39.8 Å². The largest absolute Gasteiger partial charge is 0.329 e. The van der Waals surface area contributed by atoms with E-state index in [0.717, 1.165) is 5.52 Å². The van der Waals surface area contributed by atoms with E-state index in [4.69, 9.17) is 5.73 Å². The summed E-state index contributed by atoms with van der Waals surface area (Å²) in [4.78, 5) is 6.77. The van der Waals surface area contributed by atoms with Crippen molar-refractivity contribution in [1.82, 2.24) is 9.88 Å². The molecule has 3 heteroatoms. The number of likely N-dealkylation sites (N-methyl/N-ethyl adjacent to an activating group) is 1. The van der Waals surface area contributed by atoms with Crippen molar-refractivity contribution < 1.29 is 0 Å². The van der Waals surface area contributed by atoms with E-state index >= 15 is 0 Å². The molecule has 2 unspecified atom stereocenters. The van der Waals surface area contributed by atoms with Crippen LogP contribution in [0.4, 0.5) is 0 Å². The van der Waals surface area contributed by atoms with E-state index in [1.165, 1.54) is 10.9 Å². The predicted molar refractivity (Wildman–Crippen MR) is 90.2 cm³/mol. The summed E-state index contributed by atoms with van der Waals surface area (Å²) in [5, 5.41) is 1.17. The first-order chi connectivity index (χ1) is 9.84. The number of hydrogen-bond donors (Lipinski definition) is 1. The summed E-state index contributed by atoms with van der Waals surface area (Å²) in [5.74, 6) is 0. The lowest BCUT2D eigenvalue weighted by molar-refractivity contribution is 0.100. The van der Waals surface area contributed by atoms with Crippen molar-refractivity contribution >= 4 is 10.9 Å². The van der Waals surface area contributed by atoms with Crippen molar-refractivity contribution in [2.75, 3.05) is 13.6 Å². The van der Waals surface area contributed by atoms with E-state index in [-0.39, 0.29) is 11.5 Å². The molecule has 0 bridgehead atoms. The number of nitrogens with two attached hydrogens (primary N) is 1. The summed E-state index contributed by atoms with van der Waals surface area (Å²) >= 11 is 0. The van der Waals surface area contributed by atoms with Crippen molar-refractivity contribution in [2.24, 2.45) is 11.1 Å². The van der Waals surface area contributed by atoms with Crippen LogP contribution in [0.25, 0.3) is 10.9 Å². The summed E-state index contributed by atoms with van der Waals surface area (Å²) in [6.45, 7) is 9.69. The summed E-state index contributed by atoms with van der Waals surface area (Å²) < 4.78 is 0. The number of rotatable bonds is 4. The van der Waals surface area contributed by atoms with E-state index in [9.17, 15) is 0 Å². The van der Waals surface area contributed by atoms with Gasteiger partial charge >= 0.3 is 0 Å². The molecule has 2 rings (SSSR count). The summed E-state index contributed by atoms with van der Waals surface area (Å²) in [6.07, 6.45) is 1.83. The van der Waals surface area contributed by atoms with Crippen molar-refractivity contribution in [3.8, 4) is 0 Å². The van der Waals surface area contributed by atoms with Crippen LogP contribution in [0.5, 0.6) is 0 Å². The lowest BCUT2D eigenvalue weighted by Gasteiger charge is -2.40. The average molecular weight is 285 g/mol. The SMILES string of the molecule is CC(N(C)C(CN)c1ccc2ncccc2c1)C(C)(C)C. The zero-order chi connectivity index (χ0) is 15.6. The quantitative estimate of drug-likeness (QED) is 0.933. The van der Waals surface area contributed by atoms with E-state index in [2.05, 4.69) is 68.9 Å². The maximum atomic E-state index is 6.07. The fourth-order valence-electron chi connectivity index (χ4n) is 2.72. The molecule has 1 heterocycles. The number of fused-ring (bicyclic) bond motifs is 1. The number of hydrogen-bond acceptors (Lipinski definition) is 3. The topological polar surface area (TPSA) is 42.1 Å². The van der Waals surface area contributed by atoms with Crippen LogP contribution < -0.4 is 5.73 Å². The van der Waals surface area contributed by atoms with Gasteiger partial charge in [0, 0.05) is 30.2 Å². The Hall–Kier alpha value is -1.45. The minimum Gasteiger partial charge on any atom is -0.329 e. The Morgan fingerprint density at radius 3 is 2.57 bits per heavy atom. The van der Waals surface area contributed by atoms with E-state index < -0.39 is 0 Å². The molecule has 114 valence electrons. The molecule has 0 aliphatic rings. The third-order valence-electron chi connectivity index (χ3n) is 4.59. The second-order valence-corrected chi connectivity index (χ2v) is 6.91. The third-order valence-corrected chi connectivity index (χ3v) is 4.59. The molecule has 0 spiro atoms. The van der Waals surface area contributed by atoms with Gasteiger partial charge in [-0.2, -0.15) is 0 Å². The van der Waals surface area contributed by atoms with Crippen LogP contribution in [0, 0.1) is 5.41 Å². The van der Waals surface area contributed by atoms with Gasteiger partial charge in [0.05, 0.1) is 5.52 Å². The van der Waals surface area contributed by atoms with Gasteiger partial charge in [0.15, 0.2) is 0 Å². The van der Waals surface area contributed by atoms with E-state index in [1.54, 1.807) is 0 Å². The molecule has 3 nitrogen and oxygen atoms in total. The molecular formula is C18H27N3. The number of aromatic nitrogens is 1. The second-order valence-electron chi connectivity index (χ2n) is 6.91. The third kappa shape index (κ3) is 3.42. The fourth-order valence-corrected chi connectivity index (χ4v) is 2.72. The highest BCUT2D eigenvalue weighted by atomic mass is 15.2. The van der Waals surface area contributed by atoms with Gasteiger partial charge in [0.25, 0.3) is 0 Å². The molecule has 0 radical (unpaired) electrons. The van der Waals surface area contributed by atoms with Crippen molar-refractivity contribution in [3.05, 3.63) is 42.1 Å². The fraction of sp³-hybridized carbons (Fsp3) is 0.500. The minimum absolute atomic E-state index is 0.223. The molecular weight excluding hydrogens is 258 g/mol. The number of pyridine rings is 1. The summed E-state index contributed by atoms with van der Waals surface area (Å²) in [5.41, 5.74) is 8.59.